The van der Waals surface area contributed by atoms with Crippen molar-refractivity contribution in [1.29, 1.82) is 0 Å². The zero-order valence-corrected chi connectivity index (χ0v) is 17.8. The van der Waals surface area contributed by atoms with Gasteiger partial charge in [-0.25, -0.2) is 15.4 Å². The predicted octanol–water partition coefficient (Wildman–Crippen LogP) is 2.32. The predicted molar refractivity (Wildman–Crippen MR) is 119 cm³/mol. The highest BCUT2D eigenvalue weighted by Crippen LogP contribution is 2.30. The molecule has 0 saturated carbocycles. The van der Waals surface area contributed by atoms with Gasteiger partial charge >= 0.3 is 0 Å². The molecule has 0 radical (unpaired) electrons. The molecule has 1 saturated heterocycles. The van der Waals surface area contributed by atoms with E-state index in [1.54, 1.807) is 4.68 Å². The second-order valence-corrected chi connectivity index (χ2v) is 7.54. The summed E-state index contributed by atoms with van der Waals surface area (Å²) in [6.45, 7) is 6.86. The summed E-state index contributed by atoms with van der Waals surface area (Å²) in [4.78, 5) is 9.85. The molecule has 3 aromatic heterocycles. The number of hydrogen-bond acceptors (Lipinski definition) is 7. The fourth-order valence-electron chi connectivity index (χ4n) is 3.66. The van der Waals surface area contributed by atoms with Crippen molar-refractivity contribution >= 4 is 17.2 Å². The van der Waals surface area contributed by atoms with Crippen molar-refractivity contribution in [3.05, 3.63) is 42.6 Å². The third-order valence-electron chi connectivity index (χ3n) is 5.18. The first kappa shape index (κ1) is 20.2. The summed E-state index contributed by atoms with van der Waals surface area (Å²) in [5.41, 5.74) is 10.8. The van der Waals surface area contributed by atoms with Crippen molar-refractivity contribution in [2.24, 2.45) is 12.0 Å². The lowest BCUT2D eigenvalue weighted by Crippen LogP contribution is -2.29. The molecule has 4 rings (SSSR count). The molecule has 4 heterocycles. The van der Waals surface area contributed by atoms with Crippen LogP contribution in [0.2, 0.25) is 0 Å². The minimum absolute atomic E-state index is 0.376. The molecule has 1 aliphatic heterocycles. The van der Waals surface area contributed by atoms with Crippen LogP contribution in [0, 0.1) is 0 Å². The van der Waals surface area contributed by atoms with Crippen molar-refractivity contribution in [3.8, 4) is 11.1 Å². The van der Waals surface area contributed by atoms with Crippen LogP contribution >= 0.6 is 0 Å². The maximum absolute atomic E-state index is 5.01. The molecule has 9 heteroatoms. The van der Waals surface area contributed by atoms with Gasteiger partial charge < -0.3 is 10.7 Å². The molecule has 1 atom stereocenters. The van der Waals surface area contributed by atoms with E-state index in [-0.39, 0.29) is 0 Å². The molecule has 1 unspecified atom stereocenters. The van der Waals surface area contributed by atoms with Gasteiger partial charge in [-0.15, -0.1) is 0 Å². The minimum atomic E-state index is 0.376. The van der Waals surface area contributed by atoms with Crippen LogP contribution < -0.4 is 16.2 Å². The van der Waals surface area contributed by atoms with Gasteiger partial charge in [0.1, 0.15) is 0 Å². The normalized spacial score (nSPS) is 17.8. The number of aromatic nitrogens is 5. The summed E-state index contributed by atoms with van der Waals surface area (Å²) in [5.74, 6) is 1.15. The fourth-order valence-corrected chi connectivity index (χ4v) is 3.66. The number of rotatable bonds is 7. The molecule has 0 aliphatic carbocycles. The van der Waals surface area contributed by atoms with E-state index in [1.807, 2.05) is 56.3 Å². The van der Waals surface area contributed by atoms with Crippen LogP contribution in [0.5, 0.6) is 0 Å². The van der Waals surface area contributed by atoms with E-state index >= 15 is 0 Å². The average Bonchev–Trinajstić information content (AvgIpc) is 3.38. The average molecular weight is 408 g/mol. The Labute approximate surface area is 176 Å². The van der Waals surface area contributed by atoms with Crippen LogP contribution in [0.4, 0.5) is 5.82 Å². The fraction of sp³-hybridized carbons (Fsp3) is 0.429. The number of aliphatic imine (C=N–C) groups is 1. The van der Waals surface area contributed by atoms with Crippen molar-refractivity contribution < 1.29 is 0 Å². The van der Waals surface area contributed by atoms with Gasteiger partial charge in [0, 0.05) is 61.4 Å². The lowest BCUT2D eigenvalue weighted by Gasteiger charge is -2.22. The Morgan fingerprint density at radius 3 is 3.00 bits per heavy atom. The van der Waals surface area contributed by atoms with Crippen LogP contribution in [0.1, 0.15) is 38.3 Å². The number of fused-ring (bicyclic) bond motifs is 1. The molecule has 1 aliphatic rings. The molecule has 30 heavy (non-hydrogen) atoms. The smallest absolute Gasteiger partial charge is 0.165 e. The summed E-state index contributed by atoms with van der Waals surface area (Å²) >= 11 is 0. The second-order valence-electron chi connectivity index (χ2n) is 7.54. The van der Waals surface area contributed by atoms with Crippen molar-refractivity contribution in [2.75, 3.05) is 19.6 Å². The Balaban J connectivity index is 1.77. The lowest BCUT2D eigenvalue weighted by atomic mass is 9.96. The molecule has 0 amide bonds. The molecule has 1 fully saturated rings. The van der Waals surface area contributed by atoms with E-state index in [2.05, 4.69) is 32.4 Å². The molecule has 0 bridgehead atoms. The van der Waals surface area contributed by atoms with Gasteiger partial charge in [-0.3, -0.25) is 4.68 Å². The molecule has 3 N–H and O–H groups in total. The number of hydrazine groups is 1. The number of piperidine rings is 1. The summed E-state index contributed by atoms with van der Waals surface area (Å²) in [7, 11) is 1.91. The third kappa shape index (κ3) is 4.42. The second kappa shape index (κ2) is 9.19. The first-order valence-corrected chi connectivity index (χ1v) is 10.4. The molecule has 9 nitrogen and oxygen atoms in total. The van der Waals surface area contributed by atoms with Gasteiger partial charge in [0.05, 0.1) is 18.1 Å². The quantitative estimate of drug-likeness (QED) is 0.316. The third-order valence-corrected chi connectivity index (χ3v) is 5.18. The van der Waals surface area contributed by atoms with E-state index in [1.165, 1.54) is 0 Å². The van der Waals surface area contributed by atoms with E-state index in [9.17, 15) is 0 Å². The van der Waals surface area contributed by atoms with Gasteiger partial charge in [-0.05, 0) is 32.4 Å². The molecule has 158 valence electrons. The maximum atomic E-state index is 5.01. The maximum Gasteiger partial charge on any atom is 0.165 e. The molecular formula is C21H29N9. The van der Waals surface area contributed by atoms with Gasteiger partial charge in [0.2, 0.25) is 0 Å². The van der Waals surface area contributed by atoms with Gasteiger partial charge in [0.15, 0.2) is 11.5 Å². The molecular weight excluding hydrogens is 378 g/mol. The number of hydrogen-bond donors (Lipinski definition) is 3. The SMILES string of the molecule is CCNNC=CC(C)=Nc1cc(C2CCCNC2)nc2c(-c3cnn(C)c3)cnn12. The van der Waals surface area contributed by atoms with Crippen molar-refractivity contribution in [2.45, 2.75) is 32.6 Å². The van der Waals surface area contributed by atoms with Gasteiger partial charge in [0.25, 0.3) is 0 Å². The first-order valence-electron chi connectivity index (χ1n) is 10.4. The highest BCUT2D eigenvalue weighted by atomic mass is 15.3. The largest absolute Gasteiger partial charge is 0.329 e. The van der Waals surface area contributed by atoms with E-state index in [0.29, 0.717) is 5.92 Å². The zero-order chi connectivity index (χ0) is 20.9. The van der Waals surface area contributed by atoms with E-state index in [4.69, 9.17) is 9.98 Å². The Hall–Kier alpha value is -3.04. The van der Waals surface area contributed by atoms with Crippen LogP contribution in [0.3, 0.4) is 0 Å². The van der Waals surface area contributed by atoms with Crippen molar-refractivity contribution in [3.63, 3.8) is 0 Å². The Kier molecular flexibility index (Phi) is 6.20. The van der Waals surface area contributed by atoms with Crippen LogP contribution in [0.15, 0.2) is 41.9 Å². The van der Waals surface area contributed by atoms with Gasteiger partial charge in [-0.1, -0.05) is 6.92 Å². The molecule has 3 aromatic rings. The summed E-state index contributed by atoms with van der Waals surface area (Å²) < 4.78 is 3.61. The lowest BCUT2D eigenvalue weighted by molar-refractivity contribution is 0.455. The summed E-state index contributed by atoms with van der Waals surface area (Å²) in [6, 6.07) is 2.07. The topological polar surface area (TPSA) is 96.5 Å². The Bertz CT molecular complexity index is 1050. The monoisotopic (exact) mass is 407 g/mol. The first-order chi connectivity index (χ1) is 14.7. The number of aryl methyl sites for hydroxylation is 1. The van der Waals surface area contributed by atoms with Crippen molar-refractivity contribution in [1.82, 2.24) is 40.5 Å². The Morgan fingerprint density at radius 1 is 1.37 bits per heavy atom. The number of allylic oxidation sites excluding steroid dienone is 1. The highest BCUT2D eigenvalue weighted by molar-refractivity contribution is 5.94. The Morgan fingerprint density at radius 2 is 2.27 bits per heavy atom. The minimum Gasteiger partial charge on any atom is -0.329 e. The standard InChI is InChI=1S/C21H29N9/c1-4-23-24-9-7-15(2)27-20-10-19(16-6-5-8-22-11-16)28-21-18(13-26-30(20)21)17-12-25-29(3)14-17/h7,9-10,12-14,16,22-24H,4-6,8,11H2,1-3H3. The van der Waals surface area contributed by atoms with Crippen LogP contribution in [0.25, 0.3) is 16.8 Å². The summed E-state index contributed by atoms with van der Waals surface area (Å²) in [6.07, 6.45) is 11.7. The van der Waals surface area contributed by atoms with E-state index in [0.717, 1.165) is 66.5 Å². The van der Waals surface area contributed by atoms with E-state index < -0.39 is 0 Å². The van der Waals surface area contributed by atoms with Crippen LogP contribution in [-0.4, -0.2) is 49.7 Å². The summed E-state index contributed by atoms with van der Waals surface area (Å²) in [5, 5.41) is 12.4. The zero-order valence-electron chi connectivity index (χ0n) is 17.8. The highest BCUT2D eigenvalue weighted by Gasteiger charge is 2.20. The van der Waals surface area contributed by atoms with Crippen LogP contribution in [-0.2, 0) is 7.05 Å². The molecule has 0 spiro atoms. The number of nitrogens with one attached hydrogen (secondary N) is 3. The number of nitrogens with zero attached hydrogens (tertiary/aromatic N) is 6. The molecule has 0 aromatic carbocycles. The van der Waals surface area contributed by atoms with Gasteiger partial charge in [-0.2, -0.15) is 14.7 Å².